The predicted octanol–water partition coefficient (Wildman–Crippen LogP) is 12.6. The van der Waals surface area contributed by atoms with Gasteiger partial charge in [-0.25, -0.2) is 0 Å². The Morgan fingerprint density at radius 2 is 1.12 bits per heavy atom. The summed E-state index contributed by atoms with van der Waals surface area (Å²) in [5.41, 5.74) is 6.94. The van der Waals surface area contributed by atoms with Gasteiger partial charge in [-0.2, -0.15) is 0 Å². The Labute approximate surface area is 292 Å². The Morgan fingerprint density at radius 3 is 1.84 bits per heavy atom. The van der Waals surface area contributed by atoms with Crippen LogP contribution in [0, 0.1) is 5.41 Å². The number of aliphatic imine (C=N–C) groups is 1. The number of hydrogen-bond donors (Lipinski definition) is 1. The number of fused-ring (bicyclic) bond motifs is 6. The molecule has 50 heavy (non-hydrogen) atoms. The summed E-state index contributed by atoms with van der Waals surface area (Å²) in [5.74, 6) is 0.357. The van der Waals surface area contributed by atoms with Crippen molar-refractivity contribution >= 4 is 92.6 Å². The zero-order chi connectivity index (χ0) is 33.2. The van der Waals surface area contributed by atoms with Gasteiger partial charge in [0.1, 0.15) is 5.84 Å². The fourth-order valence-electron chi connectivity index (χ4n) is 7.61. The molecule has 0 aliphatic heterocycles. The lowest BCUT2D eigenvalue weighted by atomic mass is 9.92. The molecule has 0 unspecified atom stereocenters. The fraction of sp³-hybridized carbons (Fsp3) is 0. The average molecular weight is 656 g/mol. The second kappa shape index (κ2) is 11.4. The molecule has 0 aliphatic carbocycles. The van der Waals surface area contributed by atoms with Gasteiger partial charge in [0.05, 0.1) is 16.7 Å². The summed E-state index contributed by atoms with van der Waals surface area (Å²) in [4.78, 5) is 5.03. The third kappa shape index (κ3) is 4.50. The highest BCUT2D eigenvalue weighted by Gasteiger charge is 2.17. The highest BCUT2D eigenvalue weighted by molar-refractivity contribution is 7.26. The maximum absolute atomic E-state index is 9.46. The van der Waals surface area contributed by atoms with E-state index in [4.69, 9.17) is 4.99 Å². The standard InChI is InChI=1S/C46H29N3S/c47-44(49-40-19-6-4-15-34(40)35-16-5-7-20-41(35)49)27-39(48-28-29-11-2-1-3-12-29)32-14-8-13-30(25-32)31-23-24-33-36-17-9-21-42-45(36)46-37(38(33)26-31)18-10-22-43(46)50-42/h1-28,47H/b39-27-,47-44?,48-28?. The summed E-state index contributed by atoms with van der Waals surface area (Å²) >= 11 is 1.88. The highest BCUT2D eigenvalue weighted by atomic mass is 32.1. The molecular weight excluding hydrogens is 627 g/mol. The lowest BCUT2D eigenvalue weighted by Gasteiger charge is -2.12. The summed E-state index contributed by atoms with van der Waals surface area (Å²) in [5, 5.41) is 19.6. The summed E-state index contributed by atoms with van der Waals surface area (Å²) in [6.45, 7) is 0. The maximum atomic E-state index is 9.46. The van der Waals surface area contributed by atoms with Crippen molar-refractivity contribution in [3.8, 4) is 11.1 Å². The molecule has 8 aromatic carbocycles. The number of rotatable bonds is 5. The number of hydrogen-bond acceptors (Lipinski definition) is 3. The van der Waals surface area contributed by atoms with Crippen molar-refractivity contribution in [1.29, 1.82) is 5.41 Å². The van der Waals surface area contributed by atoms with Crippen LogP contribution in [0.1, 0.15) is 11.1 Å². The van der Waals surface area contributed by atoms with E-state index in [9.17, 15) is 5.41 Å². The van der Waals surface area contributed by atoms with Gasteiger partial charge in [0.15, 0.2) is 0 Å². The second-order valence-electron chi connectivity index (χ2n) is 12.8. The molecule has 2 heterocycles. The molecule has 234 valence electrons. The summed E-state index contributed by atoms with van der Waals surface area (Å²) in [6, 6.07) is 55.5. The number of thiophene rings is 1. The molecule has 10 rings (SSSR count). The molecule has 0 atom stereocenters. The molecule has 0 aliphatic rings. The van der Waals surface area contributed by atoms with E-state index in [0.717, 1.165) is 49.8 Å². The lowest BCUT2D eigenvalue weighted by molar-refractivity contribution is 1.24. The first kappa shape index (κ1) is 28.6. The molecule has 0 fully saturated rings. The number of benzene rings is 8. The lowest BCUT2D eigenvalue weighted by Crippen LogP contribution is -2.07. The van der Waals surface area contributed by atoms with Crippen molar-refractivity contribution in [2.24, 2.45) is 4.99 Å². The molecule has 0 spiro atoms. The van der Waals surface area contributed by atoms with Crippen molar-refractivity contribution < 1.29 is 0 Å². The third-order valence-electron chi connectivity index (χ3n) is 9.86. The first-order chi connectivity index (χ1) is 24.7. The van der Waals surface area contributed by atoms with Gasteiger partial charge in [-0.05, 0) is 74.6 Å². The summed E-state index contributed by atoms with van der Waals surface area (Å²) in [6.07, 6.45) is 3.78. The van der Waals surface area contributed by atoms with Crippen molar-refractivity contribution in [2.45, 2.75) is 0 Å². The monoisotopic (exact) mass is 655 g/mol. The Balaban J connectivity index is 1.13. The van der Waals surface area contributed by atoms with Crippen LogP contribution >= 0.6 is 11.3 Å². The normalized spacial score (nSPS) is 12.5. The van der Waals surface area contributed by atoms with E-state index in [1.54, 1.807) is 0 Å². The van der Waals surface area contributed by atoms with Gasteiger partial charge in [0.2, 0.25) is 0 Å². The molecule has 0 amide bonds. The predicted molar refractivity (Wildman–Crippen MR) is 216 cm³/mol. The Bertz CT molecular complexity index is 2940. The number of aromatic nitrogens is 1. The molecule has 0 saturated heterocycles. The molecule has 0 radical (unpaired) electrons. The van der Waals surface area contributed by atoms with Gasteiger partial charge in [-0.15, -0.1) is 11.3 Å². The molecule has 4 heteroatoms. The molecule has 2 aromatic heterocycles. The van der Waals surface area contributed by atoms with Gasteiger partial charge in [-0.1, -0.05) is 121 Å². The van der Waals surface area contributed by atoms with E-state index in [2.05, 4.69) is 115 Å². The fourth-order valence-corrected chi connectivity index (χ4v) is 8.77. The van der Waals surface area contributed by atoms with Crippen molar-refractivity contribution in [2.75, 3.05) is 0 Å². The Hall–Kier alpha value is -6.36. The van der Waals surface area contributed by atoms with Crippen molar-refractivity contribution in [3.05, 3.63) is 175 Å². The van der Waals surface area contributed by atoms with Crippen LogP contribution in [0.5, 0.6) is 0 Å². The van der Waals surface area contributed by atoms with Crippen LogP contribution in [0.3, 0.4) is 0 Å². The van der Waals surface area contributed by atoms with Gasteiger partial charge in [0.25, 0.3) is 0 Å². The Morgan fingerprint density at radius 1 is 0.520 bits per heavy atom. The topological polar surface area (TPSA) is 41.1 Å². The van der Waals surface area contributed by atoms with E-state index in [-0.39, 0.29) is 0 Å². The third-order valence-corrected chi connectivity index (χ3v) is 11.0. The number of nitrogens with one attached hydrogen (secondary N) is 1. The van der Waals surface area contributed by atoms with Gasteiger partial charge in [-0.3, -0.25) is 15.0 Å². The smallest absolute Gasteiger partial charge is 0.132 e. The minimum Gasteiger partial charge on any atom is -0.294 e. The van der Waals surface area contributed by atoms with Crippen LogP contribution in [0.4, 0.5) is 0 Å². The largest absolute Gasteiger partial charge is 0.294 e. The SMILES string of the molecule is N=C(/C=C(\N=Cc1ccccc1)c1cccc(-c2ccc3c(c2)c2cccc4sc5cccc3c5c42)c1)n1c2ccccc2c2ccccc21. The van der Waals surface area contributed by atoms with Crippen LogP contribution in [0.15, 0.2) is 169 Å². The zero-order valence-corrected chi connectivity index (χ0v) is 27.8. The zero-order valence-electron chi connectivity index (χ0n) is 27.0. The van der Waals surface area contributed by atoms with Crippen molar-refractivity contribution in [1.82, 2.24) is 4.57 Å². The first-order valence-electron chi connectivity index (χ1n) is 16.8. The minimum absolute atomic E-state index is 0.357. The van der Waals surface area contributed by atoms with Crippen LogP contribution in [0.2, 0.25) is 0 Å². The van der Waals surface area contributed by atoms with Crippen LogP contribution in [-0.4, -0.2) is 16.6 Å². The van der Waals surface area contributed by atoms with Gasteiger partial charge in [0, 0.05) is 48.8 Å². The van der Waals surface area contributed by atoms with E-state index < -0.39 is 0 Å². The molecule has 0 bridgehead atoms. The van der Waals surface area contributed by atoms with Gasteiger partial charge >= 0.3 is 0 Å². The summed E-state index contributed by atoms with van der Waals surface area (Å²) in [7, 11) is 0. The molecule has 0 saturated carbocycles. The summed E-state index contributed by atoms with van der Waals surface area (Å²) < 4.78 is 4.70. The molecule has 3 nitrogen and oxygen atoms in total. The van der Waals surface area contributed by atoms with E-state index in [1.165, 1.54) is 41.7 Å². The van der Waals surface area contributed by atoms with E-state index in [1.807, 2.05) is 70.7 Å². The minimum atomic E-state index is 0.357. The quantitative estimate of drug-likeness (QED) is 0.109. The van der Waals surface area contributed by atoms with E-state index >= 15 is 0 Å². The average Bonchev–Trinajstić information content (AvgIpc) is 3.73. The van der Waals surface area contributed by atoms with Crippen LogP contribution in [-0.2, 0) is 0 Å². The number of para-hydroxylation sites is 2. The Kier molecular flexibility index (Phi) is 6.51. The van der Waals surface area contributed by atoms with Crippen LogP contribution in [0.25, 0.3) is 80.3 Å². The number of allylic oxidation sites excluding steroid dienone is 1. The molecule has 10 aromatic rings. The second-order valence-corrected chi connectivity index (χ2v) is 13.8. The van der Waals surface area contributed by atoms with Crippen LogP contribution < -0.4 is 0 Å². The first-order valence-corrected chi connectivity index (χ1v) is 17.6. The molecular formula is C46H29N3S. The number of nitrogens with zero attached hydrogens (tertiary/aromatic N) is 2. The maximum Gasteiger partial charge on any atom is 0.132 e. The molecule has 1 N–H and O–H groups in total. The highest BCUT2D eigenvalue weighted by Crippen LogP contribution is 2.45. The van der Waals surface area contributed by atoms with Crippen molar-refractivity contribution in [3.63, 3.8) is 0 Å². The van der Waals surface area contributed by atoms with Gasteiger partial charge < -0.3 is 0 Å². The van der Waals surface area contributed by atoms with E-state index in [0.29, 0.717) is 5.84 Å².